The molecule has 13 heavy (non-hydrogen) atoms. The van der Waals surface area contributed by atoms with Gasteiger partial charge in [0, 0.05) is 0 Å². The first-order valence-electron chi connectivity index (χ1n) is 4.68. The van der Waals surface area contributed by atoms with E-state index in [4.69, 9.17) is 5.11 Å². The molecular weight excluding hydrogens is 173 g/mol. The van der Waals surface area contributed by atoms with Gasteiger partial charge in [-0.2, -0.15) is 0 Å². The number of likely N-dealkylation sites (tertiary alicyclic amines) is 1. The van der Waals surface area contributed by atoms with Crippen molar-refractivity contribution in [3.05, 3.63) is 0 Å². The topological polar surface area (TPSA) is 40.5 Å². The van der Waals surface area contributed by atoms with Crippen molar-refractivity contribution < 1.29 is 14.3 Å². The predicted octanol–water partition coefficient (Wildman–Crippen LogP) is 1.14. The van der Waals surface area contributed by atoms with Crippen molar-refractivity contribution >= 4 is 5.97 Å². The summed E-state index contributed by atoms with van der Waals surface area (Å²) in [5.41, 5.74) is 0. The van der Waals surface area contributed by atoms with Crippen LogP contribution in [0.4, 0.5) is 4.39 Å². The second-order valence-corrected chi connectivity index (χ2v) is 3.65. The lowest BCUT2D eigenvalue weighted by molar-refractivity contribution is -0.143. The summed E-state index contributed by atoms with van der Waals surface area (Å²) >= 11 is 0. The molecule has 1 N–H and O–H groups in total. The molecule has 0 unspecified atom stereocenters. The minimum atomic E-state index is -0.793. The van der Waals surface area contributed by atoms with E-state index in [0.717, 1.165) is 12.8 Å². The average molecular weight is 189 g/mol. The number of carbonyl (C=O) groups is 1. The summed E-state index contributed by atoms with van der Waals surface area (Å²) in [7, 11) is 0. The van der Waals surface area contributed by atoms with E-state index < -0.39 is 12.0 Å². The molecule has 1 aliphatic heterocycles. The minimum absolute atomic E-state index is 0.150. The SMILES string of the molecule is C[C@H](C(=O)O)N1CCC(CF)CC1. The number of aliphatic carboxylic acids is 1. The summed E-state index contributed by atoms with van der Waals surface area (Å²) < 4.78 is 12.2. The molecule has 0 amide bonds. The highest BCUT2D eigenvalue weighted by Gasteiger charge is 2.25. The van der Waals surface area contributed by atoms with Crippen LogP contribution in [0.3, 0.4) is 0 Å². The van der Waals surface area contributed by atoms with Crippen molar-refractivity contribution in [3.8, 4) is 0 Å². The van der Waals surface area contributed by atoms with Crippen LogP contribution in [0.25, 0.3) is 0 Å². The molecule has 1 aliphatic rings. The number of piperidine rings is 1. The van der Waals surface area contributed by atoms with Crippen molar-refractivity contribution in [1.82, 2.24) is 4.90 Å². The van der Waals surface area contributed by atoms with Crippen molar-refractivity contribution in [3.63, 3.8) is 0 Å². The Kier molecular flexibility index (Phi) is 3.66. The smallest absolute Gasteiger partial charge is 0.320 e. The van der Waals surface area contributed by atoms with Crippen LogP contribution in [0.5, 0.6) is 0 Å². The number of alkyl halides is 1. The summed E-state index contributed by atoms with van der Waals surface area (Å²) in [4.78, 5) is 12.5. The highest BCUT2D eigenvalue weighted by Crippen LogP contribution is 2.19. The zero-order valence-electron chi connectivity index (χ0n) is 7.87. The molecule has 1 rings (SSSR count). The monoisotopic (exact) mass is 189 g/mol. The van der Waals surface area contributed by atoms with Gasteiger partial charge in [-0.1, -0.05) is 0 Å². The predicted molar refractivity (Wildman–Crippen MR) is 47.4 cm³/mol. The third-order valence-corrected chi connectivity index (χ3v) is 2.77. The van der Waals surface area contributed by atoms with Gasteiger partial charge in [-0.25, -0.2) is 0 Å². The van der Waals surface area contributed by atoms with Gasteiger partial charge in [0.05, 0.1) is 6.67 Å². The molecule has 3 nitrogen and oxygen atoms in total. The maximum Gasteiger partial charge on any atom is 0.320 e. The number of carboxylic acids is 1. The normalized spacial score (nSPS) is 22.9. The lowest BCUT2D eigenvalue weighted by atomic mass is 9.97. The van der Waals surface area contributed by atoms with Crippen LogP contribution in [0, 0.1) is 5.92 Å². The number of hydrogen-bond donors (Lipinski definition) is 1. The lowest BCUT2D eigenvalue weighted by Crippen LogP contribution is -2.44. The van der Waals surface area contributed by atoms with E-state index in [0.29, 0.717) is 13.1 Å². The van der Waals surface area contributed by atoms with Gasteiger partial charge in [0.25, 0.3) is 0 Å². The Morgan fingerprint density at radius 1 is 1.62 bits per heavy atom. The standard InChI is InChI=1S/C9H16FNO2/c1-7(9(12)13)11-4-2-8(6-10)3-5-11/h7-8H,2-6H2,1H3,(H,12,13)/t7-/m1/s1. The molecule has 1 fully saturated rings. The summed E-state index contributed by atoms with van der Waals surface area (Å²) in [6.45, 7) is 2.83. The number of carboxylic acid groups (broad SMARTS) is 1. The molecule has 0 aromatic heterocycles. The number of hydrogen-bond acceptors (Lipinski definition) is 2. The Bertz CT molecular complexity index is 178. The minimum Gasteiger partial charge on any atom is -0.480 e. The molecule has 0 aromatic carbocycles. The van der Waals surface area contributed by atoms with Gasteiger partial charge in [0.1, 0.15) is 6.04 Å². The molecule has 0 spiro atoms. The van der Waals surface area contributed by atoms with Gasteiger partial charge in [-0.15, -0.1) is 0 Å². The molecule has 1 heterocycles. The zero-order valence-corrected chi connectivity index (χ0v) is 7.87. The lowest BCUT2D eigenvalue weighted by Gasteiger charge is -2.33. The third-order valence-electron chi connectivity index (χ3n) is 2.77. The molecule has 1 atom stereocenters. The molecule has 4 heteroatoms. The van der Waals surface area contributed by atoms with Crippen LogP contribution in [-0.2, 0) is 4.79 Å². The van der Waals surface area contributed by atoms with Crippen LogP contribution in [-0.4, -0.2) is 41.8 Å². The third kappa shape index (κ3) is 2.66. The average Bonchev–Trinajstić information content (AvgIpc) is 2.17. The summed E-state index contributed by atoms with van der Waals surface area (Å²) in [6, 6.07) is -0.430. The largest absolute Gasteiger partial charge is 0.480 e. The molecule has 1 saturated heterocycles. The van der Waals surface area contributed by atoms with E-state index in [9.17, 15) is 9.18 Å². The fourth-order valence-electron chi connectivity index (χ4n) is 1.65. The van der Waals surface area contributed by atoms with Crippen LogP contribution in [0.2, 0.25) is 0 Å². The zero-order chi connectivity index (χ0) is 9.84. The summed E-state index contributed by atoms with van der Waals surface area (Å²) in [6.07, 6.45) is 1.57. The van der Waals surface area contributed by atoms with E-state index in [-0.39, 0.29) is 12.6 Å². The fourth-order valence-corrected chi connectivity index (χ4v) is 1.65. The van der Waals surface area contributed by atoms with E-state index in [2.05, 4.69) is 0 Å². The first-order valence-corrected chi connectivity index (χ1v) is 4.68. The molecule has 0 bridgehead atoms. The number of nitrogens with zero attached hydrogens (tertiary/aromatic N) is 1. The van der Waals surface area contributed by atoms with Gasteiger partial charge in [0.2, 0.25) is 0 Å². The van der Waals surface area contributed by atoms with Crippen molar-refractivity contribution in [2.24, 2.45) is 5.92 Å². The highest BCUT2D eigenvalue weighted by molar-refractivity contribution is 5.72. The maximum atomic E-state index is 12.2. The van der Waals surface area contributed by atoms with Crippen LogP contribution in [0.1, 0.15) is 19.8 Å². The van der Waals surface area contributed by atoms with Gasteiger partial charge < -0.3 is 5.11 Å². The Labute approximate surface area is 77.5 Å². The summed E-state index contributed by atoms with van der Waals surface area (Å²) in [5.74, 6) is -0.643. The van der Waals surface area contributed by atoms with Crippen molar-refractivity contribution in [1.29, 1.82) is 0 Å². The van der Waals surface area contributed by atoms with Gasteiger partial charge in [-0.05, 0) is 38.8 Å². The van der Waals surface area contributed by atoms with E-state index in [1.807, 2.05) is 4.90 Å². The first kappa shape index (κ1) is 10.4. The van der Waals surface area contributed by atoms with Crippen molar-refractivity contribution in [2.45, 2.75) is 25.8 Å². The molecule has 0 saturated carbocycles. The second-order valence-electron chi connectivity index (χ2n) is 3.65. The van der Waals surface area contributed by atoms with E-state index in [1.165, 1.54) is 0 Å². The molecule has 0 aromatic rings. The number of rotatable bonds is 3. The number of halogens is 1. The van der Waals surface area contributed by atoms with Crippen LogP contribution in [0.15, 0.2) is 0 Å². The van der Waals surface area contributed by atoms with Gasteiger partial charge in [-0.3, -0.25) is 14.1 Å². The Morgan fingerprint density at radius 3 is 2.54 bits per heavy atom. The van der Waals surface area contributed by atoms with Gasteiger partial charge >= 0.3 is 5.97 Å². The second kappa shape index (κ2) is 4.56. The highest BCUT2D eigenvalue weighted by atomic mass is 19.1. The maximum absolute atomic E-state index is 12.2. The molecule has 0 radical (unpaired) electrons. The van der Waals surface area contributed by atoms with Gasteiger partial charge in [0.15, 0.2) is 0 Å². The summed E-state index contributed by atoms with van der Waals surface area (Å²) in [5, 5.41) is 8.74. The quantitative estimate of drug-likeness (QED) is 0.723. The Balaban J connectivity index is 2.36. The Morgan fingerprint density at radius 2 is 2.15 bits per heavy atom. The van der Waals surface area contributed by atoms with Crippen LogP contribution >= 0.6 is 0 Å². The van der Waals surface area contributed by atoms with E-state index in [1.54, 1.807) is 6.92 Å². The Hall–Kier alpha value is -0.640. The molecular formula is C9H16FNO2. The van der Waals surface area contributed by atoms with Crippen LogP contribution < -0.4 is 0 Å². The molecule has 76 valence electrons. The molecule has 0 aliphatic carbocycles. The van der Waals surface area contributed by atoms with Crippen molar-refractivity contribution in [2.75, 3.05) is 19.8 Å². The first-order chi connectivity index (χ1) is 6.15. The van der Waals surface area contributed by atoms with E-state index >= 15 is 0 Å². The fraction of sp³-hybridized carbons (Fsp3) is 0.889.